The van der Waals surface area contributed by atoms with Gasteiger partial charge in [-0.2, -0.15) is 0 Å². The van der Waals surface area contributed by atoms with E-state index >= 15 is 0 Å². The van der Waals surface area contributed by atoms with Gasteiger partial charge in [-0.15, -0.1) is 0 Å². The molecule has 0 spiro atoms. The Morgan fingerprint density at radius 2 is 1.46 bits per heavy atom. The molecule has 2 amide bonds. The van der Waals surface area contributed by atoms with Crippen LogP contribution in [0.3, 0.4) is 0 Å². The largest absolute Gasteiger partial charge is 0.347 e. The molecule has 0 aromatic heterocycles. The van der Waals surface area contributed by atoms with E-state index in [-0.39, 0.29) is 24.8 Å². The van der Waals surface area contributed by atoms with E-state index < -0.39 is 0 Å². The highest BCUT2D eigenvalue weighted by molar-refractivity contribution is 5.96. The van der Waals surface area contributed by atoms with Gasteiger partial charge in [0.2, 0.25) is 11.8 Å². The fourth-order valence-corrected chi connectivity index (χ4v) is 2.61. The molecular formula is C20H24N2O2. The molecule has 2 aromatic rings. The second-order valence-electron chi connectivity index (χ2n) is 5.65. The third-order valence-electron chi connectivity index (χ3n) is 3.92. The average Bonchev–Trinajstić information content (AvgIpc) is 2.61. The van der Waals surface area contributed by atoms with Crippen LogP contribution in [-0.2, 0) is 28.9 Å². The molecule has 0 bridgehead atoms. The van der Waals surface area contributed by atoms with Crippen molar-refractivity contribution in [2.24, 2.45) is 0 Å². The summed E-state index contributed by atoms with van der Waals surface area (Å²) in [6.45, 7) is 4.10. The SMILES string of the molecule is CCc1cccc(CC)c1NC(=O)CNC(=O)Cc1ccccc1. The highest BCUT2D eigenvalue weighted by atomic mass is 16.2. The molecule has 0 radical (unpaired) electrons. The van der Waals surface area contributed by atoms with E-state index in [9.17, 15) is 9.59 Å². The van der Waals surface area contributed by atoms with E-state index in [0.29, 0.717) is 0 Å². The van der Waals surface area contributed by atoms with Gasteiger partial charge in [0.15, 0.2) is 0 Å². The molecule has 0 heterocycles. The summed E-state index contributed by atoms with van der Waals surface area (Å²) < 4.78 is 0. The van der Waals surface area contributed by atoms with Gasteiger partial charge >= 0.3 is 0 Å². The van der Waals surface area contributed by atoms with Crippen molar-refractivity contribution in [2.75, 3.05) is 11.9 Å². The van der Waals surface area contributed by atoms with E-state index in [1.807, 2.05) is 48.5 Å². The predicted octanol–water partition coefficient (Wildman–Crippen LogP) is 3.11. The first-order valence-electron chi connectivity index (χ1n) is 8.35. The molecule has 0 aliphatic carbocycles. The molecule has 0 fully saturated rings. The Balaban J connectivity index is 1.91. The molecule has 24 heavy (non-hydrogen) atoms. The Kier molecular flexibility index (Phi) is 6.55. The summed E-state index contributed by atoms with van der Waals surface area (Å²) in [5.74, 6) is -0.358. The fraction of sp³-hybridized carbons (Fsp3) is 0.300. The zero-order valence-corrected chi connectivity index (χ0v) is 14.3. The van der Waals surface area contributed by atoms with Crippen molar-refractivity contribution in [3.8, 4) is 0 Å². The maximum absolute atomic E-state index is 12.2. The minimum absolute atomic E-state index is 0.0210. The lowest BCUT2D eigenvalue weighted by atomic mass is 10.0. The predicted molar refractivity (Wildman–Crippen MR) is 97.0 cm³/mol. The van der Waals surface area contributed by atoms with Crippen LogP contribution in [0, 0.1) is 0 Å². The van der Waals surface area contributed by atoms with E-state index in [1.54, 1.807) is 0 Å². The number of hydrogen-bond acceptors (Lipinski definition) is 2. The van der Waals surface area contributed by atoms with Crippen LogP contribution in [0.1, 0.15) is 30.5 Å². The molecule has 0 aliphatic rings. The molecule has 126 valence electrons. The number of nitrogens with one attached hydrogen (secondary N) is 2. The highest BCUT2D eigenvalue weighted by Crippen LogP contribution is 2.22. The van der Waals surface area contributed by atoms with Crippen molar-refractivity contribution in [1.82, 2.24) is 5.32 Å². The van der Waals surface area contributed by atoms with Crippen LogP contribution in [0.2, 0.25) is 0 Å². The van der Waals surface area contributed by atoms with Crippen LogP contribution in [0.15, 0.2) is 48.5 Å². The topological polar surface area (TPSA) is 58.2 Å². The average molecular weight is 324 g/mol. The summed E-state index contributed by atoms with van der Waals surface area (Å²) in [7, 11) is 0. The van der Waals surface area contributed by atoms with Crippen LogP contribution in [0.5, 0.6) is 0 Å². The zero-order valence-electron chi connectivity index (χ0n) is 14.3. The number of carbonyl (C=O) groups is 2. The van der Waals surface area contributed by atoms with Gasteiger partial charge in [0.25, 0.3) is 0 Å². The van der Waals surface area contributed by atoms with Gasteiger partial charge in [0, 0.05) is 5.69 Å². The number of para-hydroxylation sites is 1. The number of benzene rings is 2. The molecule has 0 unspecified atom stereocenters. The number of hydrogen-bond donors (Lipinski definition) is 2. The van der Waals surface area contributed by atoms with E-state index in [0.717, 1.165) is 35.2 Å². The Morgan fingerprint density at radius 3 is 2.04 bits per heavy atom. The lowest BCUT2D eigenvalue weighted by molar-refractivity contribution is -0.123. The summed E-state index contributed by atoms with van der Waals surface area (Å²) in [5.41, 5.74) is 4.03. The maximum atomic E-state index is 12.2. The lowest BCUT2D eigenvalue weighted by Crippen LogP contribution is -2.34. The van der Waals surface area contributed by atoms with Gasteiger partial charge in [-0.1, -0.05) is 62.4 Å². The summed E-state index contributed by atoms with van der Waals surface area (Å²) in [6, 6.07) is 15.5. The summed E-state index contributed by atoms with van der Waals surface area (Å²) in [6.07, 6.45) is 1.98. The number of anilines is 1. The van der Waals surface area contributed by atoms with Gasteiger partial charge in [-0.25, -0.2) is 0 Å². The second-order valence-corrected chi connectivity index (χ2v) is 5.65. The van der Waals surface area contributed by atoms with Gasteiger partial charge in [-0.3, -0.25) is 9.59 Å². The Labute approximate surface area is 143 Å². The van der Waals surface area contributed by atoms with Crippen molar-refractivity contribution < 1.29 is 9.59 Å². The first-order valence-corrected chi connectivity index (χ1v) is 8.35. The van der Waals surface area contributed by atoms with Crippen LogP contribution < -0.4 is 10.6 Å². The normalized spacial score (nSPS) is 10.2. The first kappa shape index (κ1) is 17.7. The monoisotopic (exact) mass is 324 g/mol. The molecule has 0 saturated heterocycles. The molecule has 4 nitrogen and oxygen atoms in total. The quantitative estimate of drug-likeness (QED) is 0.822. The summed E-state index contributed by atoms with van der Waals surface area (Å²) >= 11 is 0. The van der Waals surface area contributed by atoms with Crippen LogP contribution in [0.25, 0.3) is 0 Å². The number of carbonyl (C=O) groups excluding carboxylic acids is 2. The Bertz CT molecular complexity index is 674. The van der Waals surface area contributed by atoms with Crippen molar-refractivity contribution in [3.63, 3.8) is 0 Å². The van der Waals surface area contributed by atoms with Crippen LogP contribution in [-0.4, -0.2) is 18.4 Å². The van der Waals surface area contributed by atoms with Crippen molar-refractivity contribution in [1.29, 1.82) is 0 Å². The smallest absolute Gasteiger partial charge is 0.243 e. The Hall–Kier alpha value is -2.62. The minimum atomic E-state index is -0.202. The standard InChI is InChI=1S/C20H24N2O2/c1-3-16-11-8-12-17(4-2)20(16)22-19(24)14-21-18(23)13-15-9-6-5-7-10-15/h5-12H,3-4,13-14H2,1-2H3,(H,21,23)(H,22,24). The van der Waals surface area contributed by atoms with E-state index in [4.69, 9.17) is 0 Å². The van der Waals surface area contributed by atoms with Crippen molar-refractivity contribution in [3.05, 3.63) is 65.2 Å². The number of aryl methyl sites for hydroxylation is 2. The highest BCUT2D eigenvalue weighted by Gasteiger charge is 2.11. The lowest BCUT2D eigenvalue weighted by Gasteiger charge is -2.14. The molecule has 2 rings (SSSR count). The third kappa shape index (κ3) is 4.95. The van der Waals surface area contributed by atoms with Gasteiger partial charge in [0.1, 0.15) is 0 Å². The maximum Gasteiger partial charge on any atom is 0.243 e. The van der Waals surface area contributed by atoms with Crippen LogP contribution >= 0.6 is 0 Å². The van der Waals surface area contributed by atoms with Gasteiger partial charge < -0.3 is 10.6 Å². The number of amides is 2. The van der Waals surface area contributed by atoms with Gasteiger partial charge in [-0.05, 0) is 29.5 Å². The molecule has 0 atom stereocenters. The third-order valence-corrected chi connectivity index (χ3v) is 3.92. The molecule has 4 heteroatoms. The van der Waals surface area contributed by atoms with E-state index in [2.05, 4.69) is 24.5 Å². The second kappa shape index (κ2) is 8.87. The fourth-order valence-electron chi connectivity index (χ4n) is 2.61. The summed E-state index contributed by atoms with van der Waals surface area (Å²) in [4.78, 5) is 24.1. The minimum Gasteiger partial charge on any atom is -0.347 e. The van der Waals surface area contributed by atoms with Crippen molar-refractivity contribution >= 4 is 17.5 Å². The summed E-state index contributed by atoms with van der Waals surface area (Å²) in [5, 5.41) is 5.62. The zero-order chi connectivity index (χ0) is 17.4. The molecule has 0 saturated carbocycles. The molecule has 0 aliphatic heterocycles. The molecule has 2 aromatic carbocycles. The van der Waals surface area contributed by atoms with Crippen molar-refractivity contribution in [2.45, 2.75) is 33.1 Å². The van der Waals surface area contributed by atoms with Crippen LogP contribution in [0.4, 0.5) is 5.69 Å². The first-order chi connectivity index (χ1) is 11.6. The molecule has 2 N–H and O–H groups in total. The molecular weight excluding hydrogens is 300 g/mol. The number of rotatable bonds is 7. The van der Waals surface area contributed by atoms with E-state index in [1.165, 1.54) is 0 Å². The van der Waals surface area contributed by atoms with Gasteiger partial charge in [0.05, 0.1) is 13.0 Å². The Morgan fingerprint density at radius 1 is 0.833 bits per heavy atom.